The summed E-state index contributed by atoms with van der Waals surface area (Å²) in [4.78, 5) is 26.1. The molecule has 3 rings (SSSR count). The lowest BCUT2D eigenvalue weighted by atomic mass is 10.2. The van der Waals surface area contributed by atoms with Crippen LogP contribution in [0, 0.1) is 20.8 Å². The van der Waals surface area contributed by atoms with Crippen molar-refractivity contribution in [3.63, 3.8) is 0 Å². The topological polar surface area (TPSA) is 63.1 Å². The second kappa shape index (κ2) is 6.94. The van der Waals surface area contributed by atoms with Crippen LogP contribution in [-0.2, 0) is 0 Å². The van der Waals surface area contributed by atoms with Crippen LogP contribution in [-0.4, -0.2) is 16.4 Å². The van der Waals surface area contributed by atoms with E-state index in [0.29, 0.717) is 10.4 Å². The van der Waals surface area contributed by atoms with E-state index in [1.807, 2.05) is 67.8 Å². The third kappa shape index (κ3) is 3.49. The van der Waals surface area contributed by atoms with Gasteiger partial charge in [0.25, 0.3) is 11.8 Å². The number of hydrogen-bond donors (Lipinski definition) is 2. The highest BCUT2D eigenvalue weighted by Crippen LogP contribution is 2.20. The van der Waals surface area contributed by atoms with Crippen molar-refractivity contribution in [1.29, 1.82) is 0 Å². The van der Waals surface area contributed by atoms with Gasteiger partial charge in [-0.15, -0.1) is 11.3 Å². The van der Waals surface area contributed by atoms with Crippen LogP contribution in [0.5, 0.6) is 0 Å². The van der Waals surface area contributed by atoms with Crippen LogP contribution in [0.3, 0.4) is 0 Å². The maximum atomic E-state index is 12.5. The number of carbonyl (C=O) groups is 2. The van der Waals surface area contributed by atoms with Crippen molar-refractivity contribution in [2.45, 2.75) is 20.8 Å². The number of thiophene rings is 1. The number of aryl methyl sites for hydroxylation is 2. The van der Waals surface area contributed by atoms with Gasteiger partial charge >= 0.3 is 0 Å². The molecule has 0 aliphatic rings. The molecule has 0 atom stereocenters. The van der Waals surface area contributed by atoms with Gasteiger partial charge in [0, 0.05) is 22.0 Å². The number of benzene rings is 1. The third-order valence-electron chi connectivity index (χ3n) is 3.94. The highest BCUT2D eigenvalue weighted by Gasteiger charge is 2.17. The molecule has 0 unspecified atom stereocenters. The molecule has 3 aromatic rings. The summed E-state index contributed by atoms with van der Waals surface area (Å²) < 4.78 is 2.01. The van der Waals surface area contributed by atoms with Gasteiger partial charge in [0.15, 0.2) is 0 Å². The molecule has 2 N–H and O–H groups in total. The van der Waals surface area contributed by atoms with E-state index in [0.717, 1.165) is 22.0 Å². The normalized spacial score (nSPS) is 10.5. The molecule has 0 fully saturated rings. The summed E-state index contributed by atoms with van der Waals surface area (Å²) in [6.07, 6.45) is 0. The van der Waals surface area contributed by atoms with Crippen molar-refractivity contribution in [2.24, 2.45) is 0 Å². The molecule has 0 saturated heterocycles. The lowest BCUT2D eigenvalue weighted by Crippen LogP contribution is -2.41. The summed E-state index contributed by atoms with van der Waals surface area (Å²) in [5.74, 6) is -0.653. The minimum atomic E-state index is -0.336. The summed E-state index contributed by atoms with van der Waals surface area (Å²) in [5.41, 5.74) is 8.26. The van der Waals surface area contributed by atoms with Crippen LogP contribution in [0.2, 0.25) is 0 Å². The predicted octanol–water partition coefficient (Wildman–Crippen LogP) is 3.54. The molecular formula is C19H19N3O2S. The maximum Gasteiger partial charge on any atom is 0.279 e. The molecule has 1 aromatic carbocycles. The average Bonchev–Trinajstić information content (AvgIpc) is 3.16. The van der Waals surface area contributed by atoms with Crippen LogP contribution >= 0.6 is 11.3 Å². The second-order valence-electron chi connectivity index (χ2n) is 5.77. The first-order chi connectivity index (χ1) is 12.0. The zero-order chi connectivity index (χ0) is 18.0. The molecular weight excluding hydrogens is 334 g/mol. The minimum Gasteiger partial charge on any atom is -0.318 e. The lowest BCUT2D eigenvalue weighted by molar-refractivity contribution is 0.0848. The van der Waals surface area contributed by atoms with Gasteiger partial charge in [0.2, 0.25) is 0 Å². The van der Waals surface area contributed by atoms with E-state index in [2.05, 4.69) is 10.9 Å². The molecule has 2 heterocycles. The van der Waals surface area contributed by atoms with Gasteiger partial charge in [-0.2, -0.15) is 0 Å². The van der Waals surface area contributed by atoms with Crippen molar-refractivity contribution in [3.8, 4) is 5.69 Å². The van der Waals surface area contributed by atoms with Crippen molar-refractivity contribution >= 4 is 23.2 Å². The first-order valence-electron chi connectivity index (χ1n) is 7.89. The van der Waals surface area contributed by atoms with Gasteiger partial charge in [-0.3, -0.25) is 20.4 Å². The van der Waals surface area contributed by atoms with Crippen molar-refractivity contribution in [3.05, 3.63) is 75.2 Å². The molecule has 0 spiro atoms. The van der Waals surface area contributed by atoms with E-state index >= 15 is 0 Å². The Hall–Kier alpha value is -2.86. The molecule has 0 aliphatic carbocycles. The molecule has 2 aromatic heterocycles. The standard InChI is InChI=1S/C19H19N3O2S/c1-12-11-16(14(3)22(12)15-7-5-4-6-8-15)18(23)20-21-19(24)17-10-9-13(2)25-17/h4-11H,1-3H3,(H,20,23)(H,21,24). The van der Waals surface area contributed by atoms with Gasteiger partial charge in [-0.1, -0.05) is 18.2 Å². The average molecular weight is 353 g/mol. The van der Waals surface area contributed by atoms with Gasteiger partial charge < -0.3 is 4.57 Å². The smallest absolute Gasteiger partial charge is 0.279 e. The Labute approximate surface area is 150 Å². The molecule has 0 bridgehead atoms. The first kappa shape index (κ1) is 17.0. The molecule has 0 aliphatic heterocycles. The molecule has 2 amide bonds. The fraction of sp³-hybridized carbons (Fsp3) is 0.158. The Kier molecular flexibility index (Phi) is 4.72. The third-order valence-corrected chi connectivity index (χ3v) is 4.94. The van der Waals surface area contributed by atoms with E-state index in [1.165, 1.54) is 11.3 Å². The number of carbonyl (C=O) groups excluding carboxylic acids is 2. The van der Waals surface area contributed by atoms with Gasteiger partial charge in [-0.25, -0.2) is 0 Å². The minimum absolute atomic E-state index is 0.316. The summed E-state index contributed by atoms with van der Waals surface area (Å²) in [7, 11) is 0. The highest BCUT2D eigenvalue weighted by molar-refractivity contribution is 7.13. The fourth-order valence-corrected chi connectivity index (χ4v) is 3.53. The number of nitrogens with one attached hydrogen (secondary N) is 2. The molecule has 128 valence electrons. The van der Waals surface area contributed by atoms with Crippen LogP contribution in [0.4, 0.5) is 0 Å². The number of amides is 2. The Morgan fingerprint density at radius 3 is 2.24 bits per heavy atom. The van der Waals surface area contributed by atoms with Crippen LogP contribution in [0.1, 0.15) is 36.3 Å². The quantitative estimate of drug-likeness (QED) is 0.708. The number of nitrogens with zero attached hydrogens (tertiary/aromatic N) is 1. The van der Waals surface area contributed by atoms with E-state index in [4.69, 9.17) is 0 Å². The summed E-state index contributed by atoms with van der Waals surface area (Å²) in [5, 5.41) is 0. The van der Waals surface area contributed by atoms with Crippen molar-refractivity contribution in [1.82, 2.24) is 15.4 Å². The predicted molar refractivity (Wildman–Crippen MR) is 99.2 cm³/mol. The number of para-hydroxylation sites is 1. The zero-order valence-corrected chi connectivity index (χ0v) is 15.1. The Bertz CT molecular complexity index is 926. The number of hydrogen-bond acceptors (Lipinski definition) is 3. The van der Waals surface area contributed by atoms with Crippen LogP contribution in [0.25, 0.3) is 5.69 Å². The molecule has 0 saturated carbocycles. The Morgan fingerprint density at radius 1 is 0.920 bits per heavy atom. The summed E-state index contributed by atoms with van der Waals surface area (Å²) in [6, 6.07) is 15.3. The van der Waals surface area contributed by atoms with Crippen molar-refractivity contribution < 1.29 is 9.59 Å². The first-order valence-corrected chi connectivity index (χ1v) is 8.70. The number of hydrazine groups is 1. The second-order valence-corrected chi connectivity index (χ2v) is 7.06. The SMILES string of the molecule is Cc1ccc(C(=O)NNC(=O)c2cc(C)n(-c3ccccc3)c2C)s1. The fourth-order valence-electron chi connectivity index (χ4n) is 2.77. The monoisotopic (exact) mass is 353 g/mol. The van der Waals surface area contributed by atoms with Crippen molar-refractivity contribution in [2.75, 3.05) is 0 Å². The van der Waals surface area contributed by atoms with E-state index in [-0.39, 0.29) is 11.8 Å². The molecule has 5 nitrogen and oxygen atoms in total. The van der Waals surface area contributed by atoms with E-state index in [9.17, 15) is 9.59 Å². The maximum absolute atomic E-state index is 12.5. The molecule has 25 heavy (non-hydrogen) atoms. The number of rotatable bonds is 3. The summed E-state index contributed by atoms with van der Waals surface area (Å²) >= 11 is 1.38. The zero-order valence-electron chi connectivity index (χ0n) is 14.3. The largest absolute Gasteiger partial charge is 0.318 e. The lowest BCUT2D eigenvalue weighted by Gasteiger charge is -2.10. The van der Waals surface area contributed by atoms with Gasteiger partial charge in [-0.05, 0) is 51.1 Å². The Balaban J connectivity index is 1.76. The van der Waals surface area contributed by atoms with Crippen LogP contribution in [0.15, 0.2) is 48.5 Å². The van der Waals surface area contributed by atoms with Gasteiger partial charge in [0.1, 0.15) is 0 Å². The Morgan fingerprint density at radius 2 is 1.60 bits per heavy atom. The highest BCUT2D eigenvalue weighted by atomic mass is 32.1. The molecule has 0 radical (unpaired) electrons. The van der Waals surface area contributed by atoms with E-state index < -0.39 is 0 Å². The summed E-state index contributed by atoms with van der Waals surface area (Å²) in [6.45, 7) is 5.77. The molecule has 6 heteroatoms. The van der Waals surface area contributed by atoms with Gasteiger partial charge in [0.05, 0.1) is 10.4 Å². The van der Waals surface area contributed by atoms with Crippen LogP contribution < -0.4 is 10.9 Å². The number of aromatic nitrogens is 1. The van der Waals surface area contributed by atoms with E-state index in [1.54, 1.807) is 6.07 Å².